The van der Waals surface area contributed by atoms with Gasteiger partial charge in [0.15, 0.2) is 0 Å². The Labute approximate surface area is 160 Å². The second-order valence-corrected chi connectivity index (χ2v) is 7.31. The lowest BCUT2D eigenvalue weighted by molar-refractivity contribution is -0.138. The van der Waals surface area contributed by atoms with Crippen LogP contribution < -0.4 is 5.32 Å². The fourth-order valence-corrected chi connectivity index (χ4v) is 3.59. The molecule has 1 fully saturated rings. The van der Waals surface area contributed by atoms with Crippen molar-refractivity contribution in [3.8, 4) is 0 Å². The minimum atomic E-state index is -0.357. The van der Waals surface area contributed by atoms with E-state index in [2.05, 4.69) is 17.2 Å². The number of carbonyl (C=O) groups excluding carboxylic acids is 2. The van der Waals surface area contributed by atoms with E-state index in [0.717, 1.165) is 35.3 Å². The largest absolute Gasteiger partial charge is 0.342 e. The second-order valence-electron chi connectivity index (χ2n) is 7.31. The van der Waals surface area contributed by atoms with Gasteiger partial charge >= 0.3 is 6.03 Å². The van der Waals surface area contributed by atoms with Gasteiger partial charge in [0, 0.05) is 33.7 Å². The molecule has 0 spiro atoms. The monoisotopic (exact) mass is 371 g/mol. The maximum atomic E-state index is 12.7. The lowest BCUT2D eigenvalue weighted by atomic mass is 10.0. The molecular formula is C20H29N5O2. The molecule has 1 saturated heterocycles. The molecule has 7 heteroatoms. The number of hydrogen-bond acceptors (Lipinski definition) is 3. The molecule has 146 valence electrons. The number of aromatic nitrogens is 2. The SMILES string of the molecule is CCCC[C@H]1C(=O)N(C)CCN1C(=O)NCc1ccc2c(c1)nc(C)n2C. The number of piperazine rings is 1. The highest BCUT2D eigenvalue weighted by molar-refractivity contribution is 5.88. The lowest BCUT2D eigenvalue weighted by Gasteiger charge is -2.39. The number of amides is 3. The van der Waals surface area contributed by atoms with Crippen LogP contribution in [0.15, 0.2) is 18.2 Å². The van der Waals surface area contributed by atoms with Crippen molar-refractivity contribution in [2.45, 2.75) is 45.7 Å². The first-order valence-electron chi connectivity index (χ1n) is 9.63. The fourth-order valence-electron chi connectivity index (χ4n) is 3.59. The van der Waals surface area contributed by atoms with E-state index in [9.17, 15) is 9.59 Å². The van der Waals surface area contributed by atoms with Crippen LogP contribution in [-0.2, 0) is 18.4 Å². The molecule has 0 saturated carbocycles. The van der Waals surface area contributed by atoms with Crippen LogP contribution in [0.2, 0.25) is 0 Å². The van der Waals surface area contributed by atoms with Crippen LogP contribution in [0.4, 0.5) is 4.79 Å². The van der Waals surface area contributed by atoms with Gasteiger partial charge in [0.1, 0.15) is 11.9 Å². The molecule has 1 atom stereocenters. The number of fused-ring (bicyclic) bond motifs is 1. The molecular weight excluding hydrogens is 342 g/mol. The van der Waals surface area contributed by atoms with Gasteiger partial charge in [-0.1, -0.05) is 25.8 Å². The van der Waals surface area contributed by atoms with E-state index in [1.165, 1.54) is 0 Å². The quantitative estimate of drug-likeness (QED) is 0.877. The van der Waals surface area contributed by atoms with Crippen molar-refractivity contribution in [2.75, 3.05) is 20.1 Å². The second kappa shape index (κ2) is 7.98. The summed E-state index contributed by atoms with van der Waals surface area (Å²) in [5.41, 5.74) is 3.00. The molecule has 1 aliphatic heterocycles. The summed E-state index contributed by atoms with van der Waals surface area (Å²) in [7, 11) is 3.80. The van der Waals surface area contributed by atoms with Gasteiger partial charge in [-0.05, 0) is 31.0 Å². The van der Waals surface area contributed by atoms with E-state index in [1.54, 1.807) is 16.8 Å². The molecule has 0 aliphatic carbocycles. The fraction of sp³-hybridized carbons (Fsp3) is 0.550. The highest BCUT2D eigenvalue weighted by atomic mass is 16.2. The number of urea groups is 1. The molecule has 3 amide bonds. The third-order valence-electron chi connectivity index (χ3n) is 5.42. The maximum absolute atomic E-state index is 12.7. The number of likely N-dealkylation sites (N-methyl/N-ethyl adjacent to an activating group) is 1. The summed E-state index contributed by atoms with van der Waals surface area (Å²) < 4.78 is 2.05. The van der Waals surface area contributed by atoms with Crippen LogP contribution >= 0.6 is 0 Å². The third kappa shape index (κ3) is 3.91. The predicted molar refractivity (Wildman–Crippen MR) is 105 cm³/mol. The predicted octanol–water partition coefficient (Wildman–Crippen LogP) is 2.42. The summed E-state index contributed by atoms with van der Waals surface area (Å²) in [5.74, 6) is 0.996. The molecule has 2 heterocycles. The molecule has 1 N–H and O–H groups in total. The number of unbranched alkanes of at least 4 members (excludes halogenated alkanes) is 1. The Balaban J connectivity index is 1.67. The van der Waals surface area contributed by atoms with Crippen molar-refractivity contribution in [2.24, 2.45) is 7.05 Å². The van der Waals surface area contributed by atoms with Crippen LogP contribution in [0.25, 0.3) is 11.0 Å². The van der Waals surface area contributed by atoms with Gasteiger partial charge in [-0.2, -0.15) is 0 Å². The zero-order valence-corrected chi connectivity index (χ0v) is 16.7. The summed E-state index contributed by atoms with van der Waals surface area (Å²) >= 11 is 0. The Hall–Kier alpha value is -2.57. The molecule has 0 unspecified atom stereocenters. The molecule has 7 nitrogen and oxygen atoms in total. The number of aryl methyl sites for hydroxylation is 2. The molecule has 0 bridgehead atoms. The first-order valence-corrected chi connectivity index (χ1v) is 9.63. The topological polar surface area (TPSA) is 70.5 Å². The summed E-state index contributed by atoms with van der Waals surface area (Å²) in [5, 5.41) is 2.98. The van der Waals surface area contributed by atoms with E-state index < -0.39 is 0 Å². The van der Waals surface area contributed by atoms with Crippen LogP contribution in [0.5, 0.6) is 0 Å². The van der Waals surface area contributed by atoms with Crippen LogP contribution in [-0.4, -0.2) is 57.5 Å². The lowest BCUT2D eigenvalue weighted by Crippen LogP contribution is -2.59. The Morgan fingerprint density at radius 3 is 2.81 bits per heavy atom. The van der Waals surface area contributed by atoms with Crippen molar-refractivity contribution < 1.29 is 9.59 Å². The number of nitrogens with one attached hydrogen (secondary N) is 1. The van der Waals surface area contributed by atoms with E-state index in [1.807, 2.05) is 36.7 Å². The standard InChI is InChI=1S/C20H29N5O2/c1-5-6-7-18-19(26)23(3)10-11-25(18)20(27)21-13-15-8-9-17-16(12-15)22-14(2)24(17)4/h8-9,12,18H,5-7,10-11,13H2,1-4H3,(H,21,27)/t18-/m0/s1. The zero-order valence-electron chi connectivity index (χ0n) is 16.7. The molecule has 2 aromatic rings. The van der Waals surface area contributed by atoms with Crippen molar-refractivity contribution in [3.63, 3.8) is 0 Å². The smallest absolute Gasteiger partial charge is 0.318 e. The highest BCUT2D eigenvalue weighted by Crippen LogP contribution is 2.18. The Morgan fingerprint density at radius 2 is 2.07 bits per heavy atom. The maximum Gasteiger partial charge on any atom is 0.318 e. The zero-order chi connectivity index (χ0) is 19.6. The van der Waals surface area contributed by atoms with Gasteiger partial charge in [-0.3, -0.25) is 4.79 Å². The van der Waals surface area contributed by atoms with Gasteiger partial charge in [0.25, 0.3) is 0 Å². The molecule has 1 aliphatic rings. The van der Waals surface area contributed by atoms with Gasteiger partial charge < -0.3 is 19.7 Å². The molecule has 3 rings (SSSR count). The number of benzene rings is 1. The number of rotatable bonds is 5. The Kier molecular flexibility index (Phi) is 5.68. The Morgan fingerprint density at radius 1 is 1.30 bits per heavy atom. The number of imidazole rings is 1. The number of nitrogens with zero attached hydrogens (tertiary/aromatic N) is 4. The van der Waals surface area contributed by atoms with Crippen molar-refractivity contribution in [3.05, 3.63) is 29.6 Å². The van der Waals surface area contributed by atoms with Gasteiger partial charge in [-0.25, -0.2) is 9.78 Å². The number of hydrogen-bond donors (Lipinski definition) is 1. The first-order chi connectivity index (χ1) is 12.9. The van der Waals surface area contributed by atoms with Gasteiger partial charge in [0.2, 0.25) is 5.91 Å². The number of carbonyl (C=O) groups is 2. The minimum absolute atomic E-state index is 0.0373. The van der Waals surface area contributed by atoms with Gasteiger partial charge in [0.05, 0.1) is 11.0 Å². The van der Waals surface area contributed by atoms with Crippen molar-refractivity contribution >= 4 is 23.0 Å². The van der Waals surface area contributed by atoms with Crippen molar-refractivity contribution in [1.82, 2.24) is 24.7 Å². The molecule has 0 radical (unpaired) electrons. The van der Waals surface area contributed by atoms with Gasteiger partial charge in [-0.15, -0.1) is 0 Å². The summed E-state index contributed by atoms with van der Waals surface area (Å²) in [6.07, 6.45) is 2.66. The molecule has 1 aromatic heterocycles. The normalized spacial score (nSPS) is 17.6. The van der Waals surface area contributed by atoms with Crippen LogP contribution in [0, 0.1) is 6.92 Å². The molecule has 1 aromatic carbocycles. The van der Waals surface area contributed by atoms with E-state index in [0.29, 0.717) is 26.1 Å². The van der Waals surface area contributed by atoms with E-state index in [4.69, 9.17) is 0 Å². The highest BCUT2D eigenvalue weighted by Gasteiger charge is 2.35. The van der Waals surface area contributed by atoms with E-state index >= 15 is 0 Å². The Bertz CT molecular complexity index is 844. The summed E-state index contributed by atoms with van der Waals surface area (Å²) in [6, 6.07) is 5.51. The summed E-state index contributed by atoms with van der Waals surface area (Å²) in [6.45, 7) is 5.64. The average Bonchev–Trinajstić information content (AvgIpc) is 2.94. The van der Waals surface area contributed by atoms with Crippen LogP contribution in [0.3, 0.4) is 0 Å². The van der Waals surface area contributed by atoms with E-state index in [-0.39, 0.29) is 18.0 Å². The third-order valence-corrected chi connectivity index (χ3v) is 5.42. The average molecular weight is 371 g/mol. The molecule has 27 heavy (non-hydrogen) atoms. The van der Waals surface area contributed by atoms with Crippen molar-refractivity contribution in [1.29, 1.82) is 0 Å². The van der Waals surface area contributed by atoms with Crippen LogP contribution in [0.1, 0.15) is 37.6 Å². The summed E-state index contributed by atoms with van der Waals surface area (Å²) in [4.78, 5) is 33.2. The first kappa shape index (κ1) is 19.2. The minimum Gasteiger partial charge on any atom is -0.342 e.